The molecule has 0 amide bonds. The number of aromatic nitrogens is 2. The van der Waals surface area contributed by atoms with Crippen LogP contribution in [0.3, 0.4) is 0 Å². The molecule has 2 rings (SSSR count). The number of hydrogen-bond acceptors (Lipinski definition) is 2. The molecule has 0 saturated heterocycles. The van der Waals surface area contributed by atoms with Crippen LogP contribution in [0, 0.1) is 0 Å². The number of aliphatic hydroxyl groups is 1. The van der Waals surface area contributed by atoms with E-state index in [1.165, 1.54) is 0 Å². The third-order valence-corrected chi connectivity index (χ3v) is 2.33. The van der Waals surface area contributed by atoms with Crippen LogP contribution >= 0.6 is 0 Å². The van der Waals surface area contributed by atoms with Crippen molar-refractivity contribution in [1.29, 1.82) is 0 Å². The summed E-state index contributed by atoms with van der Waals surface area (Å²) in [4.78, 5) is 4.30. The van der Waals surface area contributed by atoms with E-state index < -0.39 is 0 Å². The van der Waals surface area contributed by atoms with Gasteiger partial charge in [0.15, 0.2) is 0 Å². The number of aliphatic hydroxyl groups excluding tert-OH is 1. The summed E-state index contributed by atoms with van der Waals surface area (Å²) < 4.78 is 2.14. The first-order valence-electron chi connectivity index (χ1n) is 4.89. The number of nitrogens with zero attached hydrogens (tertiary/aromatic N) is 2. The Morgan fingerprint density at radius 2 is 2.29 bits per heavy atom. The molecule has 2 aromatic rings. The predicted octanol–water partition coefficient (Wildman–Crippen LogP) is 1.94. The highest BCUT2D eigenvalue weighted by atomic mass is 16.3. The van der Waals surface area contributed by atoms with Crippen LogP contribution in [-0.2, 0) is 13.2 Å². The maximum absolute atomic E-state index is 8.97. The molecule has 74 valence electrons. The van der Waals surface area contributed by atoms with Crippen LogP contribution in [0.25, 0.3) is 11.0 Å². The van der Waals surface area contributed by atoms with Gasteiger partial charge in [0.2, 0.25) is 0 Å². The molecule has 0 aliphatic heterocycles. The molecule has 0 atom stereocenters. The standard InChI is InChI=1S/C11H14N2O/c1-2-5-13-8-12-10-6-9(7-14)3-4-11(10)13/h3-4,6,8,14H,2,5,7H2,1H3. The maximum Gasteiger partial charge on any atom is 0.0958 e. The van der Waals surface area contributed by atoms with E-state index in [9.17, 15) is 0 Å². The first-order valence-corrected chi connectivity index (χ1v) is 4.89. The fourth-order valence-electron chi connectivity index (χ4n) is 1.63. The molecule has 1 N–H and O–H groups in total. The van der Waals surface area contributed by atoms with Crippen LogP contribution in [-0.4, -0.2) is 14.7 Å². The normalized spacial score (nSPS) is 11.0. The van der Waals surface area contributed by atoms with Crippen LogP contribution in [0.1, 0.15) is 18.9 Å². The highest BCUT2D eigenvalue weighted by Gasteiger charge is 2.01. The summed E-state index contributed by atoms with van der Waals surface area (Å²) in [6.07, 6.45) is 2.96. The summed E-state index contributed by atoms with van der Waals surface area (Å²) in [5, 5.41) is 8.97. The van der Waals surface area contributed by atoms with E-state index in [-0.39, 0.29) is 6.61 Å². The second-order valence-corrected chi connectivity index (χ2v) is 3.42. The van der Waals surface area contributed by atoms with Crippen LogP contribution in [0.2, 0.25) is 0 Å². The Kier molecular flexibility index (Phi) is 2.50. The van der Waals surface area contributed by atoms with Crippen molar-refractivity contribution in [3.8, 4) is 0 Å². The Labute approximate surface area is 83.0 Å². The summed E-state index contributed by atoms with van der Waals surface area (Å²) in [6, 6.07) is 5.89. The molecule has 0 unspecified atom stereocenters. The van der Waals surface area contributed by atoms with Gasteiger partial charge < -0.3 is 9.67 Å². The number of rotatable bonds is 3. The van der Waals surface area contributed by atoms with Gasteiger partial charge in [0.1, 0.15) is 0 Å². The van der Waals surface area contributed by atoms with Gasteiger partial charge in [-0.15, -0.1) is 0 Å². The average Bonchev–Trinajstić information content (AvgIpc) is 2.61. The van der Waals surface area contributed by atoms with Crippen LogP contribution in [0.5, 0.6) is 0 Å². The Morgan fingerprint density at radius 3 is 3.00 bits per heavy atom. The first kappa shape index (κ1) is 9.21. The predicted molar refractivity (Wildman–Crippen MR) is 55.9 cm³/mol. The molecule has 3 nitrogen and oxygen atoms in total. The maximum atomic E-state index is 8.97. The molecule has 0 radical (unpaired) electrons. The smallest absolute Gasteiger partial charge is 0.0958 e. The molecule has 1 aromatic carbocycles. The topological polar surface area (TPSA) is 38.0 Å². The van der Waals surface area contributed by atoms with E-state index in [4.69, 9.17) is 5.11 Å². The molecule has 0 saturated carbocycles. The SMILES string of the molecule is CCCn1cnc2cc(CO)ccc21. The average molecular weight is 190 g/mol. The largest absolute Gasteiger partial charge is 0.392 e. The van der Waals surface area contributed by atoms with Crippen LogP contribution < -0.4 is 0 Å². The minimum atomic E-state index is 0.0799. The molecular weight excluding hydrogens is 176 g/mol. The zero-order chi connectivity index (χ0) is 9.97. The number of benzene rings is 1. The molecule has 0 aliphatic carbocycles. The van der Waals surface area contributed by atoms with Crippen molar-refractivity contribution < 1.29 is 5.11 Å². The lowest BCUT2D eigenvalue weighted by Crippen LogP contribution is -1.93. The van der Waals surface area contributed by atoms with Gasteiger partial charge in [-0.3, -0.25) is 0 Å². The molecule has 0 fully saturated rings. The minimum absolute atomic E-state index is 0.0799. The zero-order valence-electron chi connectivity index (χ0n) is 8.27. The highest BCUT2D eigenvalue weighted by molar-refractivity contribution is 5.76. The third-order valence-electron chi connectivity index (χ3n) is 2.33. The number of aryl methyl sites for hydroxylation is 1. The first-order chi connectivity index (χ1) is 6.85. The Balaban J connectivity index is 2.48. The third kappa shape index (κ3) is 1.51. The summed E-state index contributed by atoms with van der Waals surface area (Å²) in [5.41, 5.74) is 3.02. The number of fused-ring (bicyclic) bond motifs is 1. The molecule has 14 heavy (non-hydrogen) atoms. The lowest BCUT2D eigenvalue weighted by atomic mass is 10.2. The lowest BCUT2D eigenvalue weighted by molar-refractivity contribution is 0.282. The fraction of sp³-hybridized carbons (Fsp3) is 0.364. The lowest BCUT2D eigenvalue weighted by Gasteiger charge is -2.01. The van der Waals surface area contributed by atoms with Crippen molar-refractivity contribution in [2.45, 2.75) is 26.5 Å². The molecule has 1 heterocycles. The summed E-state index contributed by atoms with van der Waals surface area (Å²) in [5.74, 6) is 0. The van der Waals surface area contributed by atoms with E-state index in [1.54, 1.807) is 0 Å². The molecular formula is C11H14N2O. The molecule has 3 heteroatoms. The van der Waals surface area contributed by atoms with Gasteiger partial charge in [-0.05, 0) is 24.1 Å². The minimum Gasteiger partial charge on any atom is -0.392 e. The van der Waals surface area contributed by atoms with E-state index >= 15 is 0 Å². The molecule has 0 aliphatic rings. The van der Waals surface area contributed by atoms with Gasteiger partial charge in [-0.2, -0.15) is 0 Å². The van der Waals surface area contributed by atoms with Crippen LogP contribution in [0.15, 0.2) is 24.5 Å². The van der Waals surface area contributed by atoms with Crippen molar-refractivity contribution in [2.24, 2.45) is 0 Å². The summed E-state index contributed by atoms with van der Waals surface area (Å²) in [6.45, 7) is 3.22. The monoisotopic (exact) mass is 190 g/mol. The summed E-state index contributed by atoms with van der Waals surface area (Å²) >= 11 is 0. The van der Waals surface area contributed by atoms with Crippen molar-refractivity contribution in [2.75, 3.05) is 0 Å². The van der Waals surface area contributed by atoms with Crippen LogP contribution in [0.4, 0.5) is 0 Å². The Bertz CT molecular complexity index is 434. The fourth-order valence-corrected chi connectivity index (χ4v) is 1.63. The quantitative estimate of drug-likeness (QED) is 0.803. The number of hydrogen-bond donors (Lipinski definition) is 1. The molecule has 0 bridgehead atoms. The van der Waals surface area contributed by atoms with Gasteiger partial charge in [0, 0.05) is 6.54 Å². The Hall–Kier alpha value is -1.35. The van der Waals surface area contributed by atoms with Crippen molar-refractivity contribution in [3.63, 3.8) is 0 Å². The van der Waals surface area contributed by atoms with E-state index in [0.717, 1.165) is 29.6 Å². The van der Waals surface area contributed by atoms with Gasteiger partial charge in [0.25, 0.3) is 0 Å². The van der Waals surface area contributed by atoms with Gasteiger partial charge >= 0.3 is 0 Å². The van der Waals surface area contributed by atoms with Gasteiger partial charge in [0.05, 0.1) is 24.0 Å². The van der Waals surface area contributed by atoms with Gasteiger partial charge in [-0.1, -0.05) is 13.0 Å². The van der Waals surface area contributed by atoms with Crippen molar-refractivity contribution >= 4 is 11.0 Å². The van der Waals surface area contributed by atoms with Crippen molar-refractivity contribution in [3.05, 3.63) is 30.1 Å². The van der Waals surface area contributed by atoms with E-state index in [1.807, 2.05) is 24.5 Å². The van der Waals surface area contributed by atoms with Crippen molar-refractivity contribution in [1.82, 2.24) is 9.55 Å². The highest BCUT2D eigenvalue weighted by Crippen LogP contribution is 2.15. The zero-order valence-corrected chi connectivity index (χ0v) is 8.27. The molecule has 1 aromatic heterocycles. The summed E-state index contributed by atoms with van der Waals surface area (Å²) in [7, 11) is 0. The Morgan fingerprint density at radius 1 is 1.43 bits per heavy atom. The van der Waals surface area contributed by atoms with Gasteiger partial charge in [-0.25, -0.2) is 4.98 Å². The second kappa shape index (κ2) is 3.80. The number of imidazole rings is 1. The van der Waals surface area contributed by atoms with E-state index in [0.29, 0.717) is 0 Å². The van der Waals surface area contributed by atoms with E-state index in [2.05, 4.69) is 16.5 Å². The second-order valence-electron chi connectivity index (χ2n) is 3.42. The molecule has 0 spiro atoms.